The van der Waals surface area contributed by atoms with Gasteiger partial charge in [0.25, 0.3) is 0 Å². The number of rotatable bonds is 4. The third kappa shape index (κ3) is 9.14. The summed E-state index contributed by atoms with van der Waals surface area (Å²) >= 11 is 0. The van der Waals surface area contributed by atoms with Gasteiger partial charge in [-0.05, 0) is 60.9 Å². The van der Waals surface area contributed by atoms with Gasteiger partial charge in [-0.1, -0.05) is 105 Å². The van der Waals surface area contributed by atoms with E-state index in [9.17, 15) is 0 Å². The van der Waals surface area contributed by atoms with E-state index >= 15 is 0 Å². The van der Waals surface area contributed by atoms with E-state index in [-0.39, 0.29) is 31.9 Å². The summed E-state index contributed by atoms with van der Waals surface area (Å²) in [5.74, 6) is 2.11. The molecule has 0 nitrogen and oxygen atoms in total. The van der Waals surface area contributed by atoms with Gasteiger partial charge in [-0.2, -0.15) is 0 Å². The van der Waals surface area contributed by atoms with Gasteiger partial charge >= 0.3 is 17.1 Å². The minimum absolute atomic E-state index is 0. The smallest absolute Gasteiger partial charge is 0.358 e. The molecule has 0 aromatic heterocycles. The Balaban J connectivity index is 0.000000863. The van der Waals surface area contributed by atoms with Gasteiger partial charge in [0.2, 0.25) is 0 Å². The molecule has 0 heterocycles. The molecule has 0 aliphatic heterocycles. The van der Waals surface area contributed by atoms with E-state index in [1.54, 1.807) is 57.8 Å². The molecule has 0 amide bonds. The van der Waals surface area contributed by atoms with Crippen LogP contribution in [0.25, 0.3) is 0 Å². The summed E-state index contributed by atoms with van der Waals surface area (Å²) in [6.45, 7) is 5.25. The molecule has 4 aliphatic rings. The van der Waals surface area contributed by atoms with Gasteiger partial charge in [0.15, 0.2) is 0 Å². The first-order chi connectivity index (χ1) is 12.8. The Bertz CT molecular complexity index is 343. The molecule has 4 fully saturated rings. The van der Waals surface area contributed by atoms with Crippen molar-refractivity contribution in [3.05, 3.63) is 14.9 Å². The Labute approximate surface area is 197 Å². The second kappa shape index (κ2) is 16.6. The van der Waals surface area contributed by atoms with E-state index in [0.29, 0.717) is 7.92 Å². The molecule has 0 spiro atoms. The molecule has 0 saturated heterocycles. The van der Waals surface area contributed by atoms with Gasteiger partial charge in [0.1, 0.15) is 0 Å². The maximum atomic E-state index is 2.70. The van der Waals surface area contributed by atoms with Gasteiger partial charge in [0.05, 0.1) is 0 Å². The fourth-order valence-corrected chi connectivity index (χ4v) is 11.5. The van der Waals surface area contributed by atoms with Gasteiger partial charge in [-0.25, -0.2) is 0 Å². The van der Waals surface area contributed by atoms with Crippen molar-refractivity contribution in [2.45, 2.75) is 146 Å². The van der Waals surface area contributed by atoms with E-state index in [4.69, 9.17) is 0 Å². The van der Waals surface area contributed by atoms with Crippen LogP contribution in [0.2, 0.25) is 0 Å². The quantitative estimate of drug-likeness (QED) is 0.221. The minimum Gasteiger partial charge on any atom is -0.358 e. The van der Waals surface area contributed by atoms with E-state index in [2.05, 4.69) is 13.8 Å². The van der Waals surface area contributed by atoms with Gasteiger partial charge < -0.3 is 14.9 Å². The SMILES string of the molecule is C1CCCC1.CC1CCCC1[C@@H](C)P(C1CCCCC1)C1CCCCC1.[CH3-].[CH3-].[Fe+2]. The topological polar surface area (TPSA) is 0 Å². The number of hydrogen-bond acceptors (Lipinski definition) is 0. The van der Waals surface area contributed by atoms with Crippen molar-refractivity contribution < 1.29 is 17.1 Å². The zero-order valence-corrected chi connectivity index (χ0v) is 22.4. The van der Waals surface area contributed by atoms with Crippen molar-refractivity contribution in [3.8, 4) is 0 Å². The van der Waals surface area contributed by atoms with Crippen LogP contribution in [-0.4, -0.2) is 17.0 Å². The van der Waals surface area contributed by atoms with E-state index < -0.39 is 0 Å². The summed E-state index contributed by atoms with van der Waals surface area (Å²) in [5, 5.41) is 0. The molecule has 174 valence electrons. The molecule has 0 N–H and O–H groups in total. The molecule has 4 aliphatic carbocycles. The van der Waals surface area contributed by atoms with Crippen LogP contribution in [0.1, 0.15) is 129 Å². The summed E-state index contributed by atoms with van der Waals surface area (Å²) in [4.78, 5) is 0. The number of hydrogen-bond donors (Lipinski definition) is 0. The zero-order chi connectivity index (χ0) is 18.2. The Morgan fingerprint density at radius 3 is 1.28 bits per heavy atom. The second-order valence-electron chi connectivity index (χ2n) is 10.1. The molecule has 4 rings (SSSR count). The van der Waals surface area contributed by atoms with Crippen LogP contribution < -0.4 is 0 Å². The first kappa shape index (κ1) is 29.9. The molecular formula is C27H53FeP. The van der Waals surface area contributed by atoms with Crippen molar-refractivity contribution in [3.63, 3.8) is 0 Å². The van der Waals surface area contributed by atoms with Crippen LogP contribution in [0.3, 0.4) is 0 Å². The normalized spacial score (nSPS) is 29.1. The molecule has 29 heavy (non-hydrogen) atoms. The molecule has 4 saturated carbocycles. The van der Waals surface area contributed by atoms with Crippen LogP contribution in [0, 0.1) is 26.7 Å². The molecule has 0 aromatic carbocycles. The van der Waals surface area contributed by atoms with Crippen molar-refractivity contribution in [1.29, 1.82) is 0 Å². The Morgan fingerprint density at radius 2 is 0.931 bits per heavy atom. The van der Waals surface area contributed by atoms with Crippen molar-refractivity contribution in [1.82, 2.24) is 0 Å². The van der Waals surface area contributed by atoms with E-state index in [0.717, 1.165) is 28.8 Å². The van der Waals surface area contributed by atoms with Crippen LogP contribution in [0.15, 0.2) is 0 Å². The first-order valence-corrected chi connectivity index (χ1v) is 14.1. The molecular weight excluding hydrogens is 411 g/mol. The van der Waals surface area contributed by atoms with Crippen molar-refractivity contribution in [2.24, 2.45) is 11.8 Å². The average molecular weight is 465 g/mol. The van der Waals surface area contributed by atoms with Crippen LogP contribution in [-0.2, 0) is 17.1 Å². The van der Waals surface area contributed by atoms with Crippen LogP contribution in [0.4, 0.5) is 0 Å². The molecule has 0 aromatic rings. The molecule has 0 radical (unpaired) electrons. The predicted molar refractivity (Wildman–Crippen MR) is 133 cm³/mol. The Hall–Kier alpha value is 0.949. The molecule has 3 atom stereocenters. The third-order valence-electron chi connectivity index (χ3n) is 8.26. The van der Waals surface area contributed by atoms with Crippen molar-refractivity contribution >= 4 is 7.92 Å². The summed E-state index contributed by atoms with van der Waals surface area (Å²) in [7, 11) is 0.304. The molecule has 0 bridgehead atoms. The standard InChI is InChI=1S/C20H37P.C5H10.2CH3.Fe/c1-16-10-9-15-20(16)17(2)21(18-11-5-3-6-12-18)19-13-7-4-8-14-19;1-2-4-5-3-1;;;/h16-20H,3-15H2,1-2H3;1-5H2;2*1H3;/q;;2*-1;+2/t16?,17-,20?;;;;/m1..../s1. The largest absolute Gasteiger partial charge is 2.00 e. The molecule has 2 unspecified atom stereocenters. The average Bonchev–Trinajstić information content (AvgIpc) is 3.38. The van der Waals surface area contributed by atoms with Gasteiger partial charge in [-0.3, -0.25) is 0 Å². The fourth-order valence-electron chi connectivity index (χ4n) is 6.72. The Morgan fingerprint density at radius 1 is 0.552 bits per heavy atom. The van der Waals surface area contributed by atoms with Gasteiger partial charge in [-0.15, -0.1) is 0 Å². The summed E-state index contributed by atoms with van der Waals surface area (Å²) < 4.78 is 0. The third-order valence-corrected chi connectivity index (χ3v) is 12.3. The second-order valence-corrected chi connectivity index (χ2v) is 13.3. The maximum absolute atomic E-state index is 2.70. The fraction of sp³-hybridized carbons (Fsp3) is 0.926. The summed E-state index contributed by atoms with van der Waals surface area (Å²) in [6, 6.07) is 0. The zero-order valence-electron chi connectivity index (χ0n) is 20.4. The monoisotopic (exact) mass is 464 g/mol. The summed E-state index contributed by atoms with van der Waals surface area (Å²) in [6.07, 6.45) is 27.7. The van der Waals surface area contributed by atoms with Crippen LogP contribution >= 0.6 is 7.92 Å². The minimum atomic E-state index is 0. The van der Waals surface area contributed by atoms with E-state index in [1.165, 1.54) is 57.8 Å². The van der Waals surface area contributed by atoms with Crippen molar-refractivity contribution in [2.75, 3.05) is 0 Å². The maximum Gasteiger partial charge on any atom is 2.00 e. The summed E-state index contributed by atoms with van der Waals surface area (Å²) in [5.41, 5.74) is 3.38. The predicted octanol–water partition coefficient (Wildman–Crippen LogP) is 9.81. The Kier molecular flexibility index (Phi) is 17.1. The first-order valence-electron chi connectivity index (χ1n) is 12.5. The molecule has 2 heteroatoms. The van der Waals surface area contributed by atoms with E-state index in [1.807, 2.05) is 0 Å². The van der Waals surface area contributed by atoms with Gasteiger partial charge in [0, 0.05) is 0 Å². The van der Waals surface area contributed by atoms with Crippen LogP contribution in [0.5, 0.6) is 0 Å².